The zero-order valence-electron chi connectivity index (χ0n) is 15.8. The molecule has 0 bridgehead atoms. The Morgan fingerprint density at radius 3 is 2.71 bits per heavy atom. The molecule has 3 amide bonds. The van der Waals surface area contributed by atoms with Gasteiger partial charge < -0.3 is 14.8 Å². The second-order valence-corrected chi connectivity index (χ2v) is 7.57. The van der Waals surface area contributed by atoms with E-state index in [0.29, 0.717) is 28.1 Å². The first-order valence-corrected chi connectivity index (χ1v) is 10.2. The number of ether oxygens (including phenoxy) is 2. The van der Waals surface area contributed by atoms with E-state index in [9.17, 15) is 9.59 Å². The largest absolute Gasteiger partial charge is 0.490 e. The van der Waals surface area contributed by atoms with Crippen molar-refractivity contribution in [1.29, 1.82) is 0 Å². The number of carbonyl (C=O) groups is 2. The Labute approximate surface area is 173 Å². The molecule has 0 unspecified atom stereocenters. The number of nitrogens with one attached hydrogen (secondary N) is 1. The molecule has 28 heavy (non-hydrogen) atoms. The van der Waals surface area contributed by atoms with Crippen molar-refractivity contribution in [2.75, 3.05) is 13.2 Å². The Morgan fingerprint density at radius 1 is 1.29 bits per heavy atom. The highest BCUT2D eigenvalue weighted by Crippen LogP contribution is 2.38. The van der Waals surface area contributed by atoms with E-state index in [1.165, 1.54) is 4.90 Å². The summed E-state index contributed by atoms with van der Waals surface area (Å²) in [5, 5.41) is 2.70. The van der Waals surface area contributed by atoms with E-state index in [-0.39, 0.29) is 30.3 Å². The molecule has 1 saturated carbocycles. The van der Waals surface area contributed by atoms with Crippen LogP contribution in [0.3, 0.4) is 0 Å². The average Bonchev–Trinajstić information content (AvgIpc) is 2.95. The van der Waals surface area contributed by atoms with Crippen LogP contribution >= 0.6 is 15.9 Å². The highest BCUT2D eigenvalue weighted by atomic mass is 79.9. The molecule has 1 aliphatic heterocycles. The van der Waals surface area contributed by atoms with Gasteiger partial charge in [-0.05, 0) is 59.5 Å². The fraction of sp³-hybridized carbons (Fsp3) is 0.429. The lowest BCUT2D eigenvalue weighted by molar-refractivity contribution is -0.124. The Bertz CT molecular complexity index is 838. The molecule has 0 spiro atoms. The molecule has 6 nitrogen and oxygen atoms in total. The van der Waals surface area contributed by atoms with Crippen LogP contribution in [0.25, 0.3) is 6.08 Å². The number of carbonyl (C=O) groups excluding carboxylic acids is 2. The SMILES string of the molecule is C#CCOc1c(Br)cc(/C=C2\NC(=O)N(C3CCCCC3)C2=O)cc1OCC. The van der Waals surface area contributed by atoms with E-state index in [1.54, 1.807) is 18.2 Å². The number of urea groups is 1. The van der Waals surface area contributed by atoms with Crippen LogP contribution in [0.5, 0.6) is 11.5 Å². The van der Waals surface area contributed by atoms with Gasteiger partial charge in [0.2, 0.25) is 0 Å². The van der Waals surface area contributed by atoms with Crippen LogP contribution in [0, 0.1) is 12.3 Å². The molecule has 1 saturated heterocycles. The molecule has 0 radical (unpaired) electrons. The lowest BCUT2D eigenvalue weighted by atomic mass is 9.94. The Kier molecular flexibility index (Phi) is 6.63. The third-order valence-corrected chi connectivity index (χ3v) is 5.38. The standard InChI is InChI=1S/C21H23BrN2O4/c1-3-10-28-19-16(22)11-14(13-18(19)27-4-2)12-17-20(25)24(21(26)23-17)15-8-6-5-7-9-15/h1,11-13,15H,4-10H2,2H3,(H,23,26)/b17-12-. The van der Waals surface area contributed by atoms with Gasteiger partial charge in [-0.2, -0.15) is 0 Å². The molecule has 1 aromatic carbocycles. The summed E-state index contributed by atoms with van der Waals surface area (Å²) in [4.78, 5) is 26.6. The maximum atomic E-state index is 12.8. The summed E-state index contributed by atoms with van der Waals surface area (Å²) >= 11 is 3.46. The lowest BCUT2D eigenvalue weighted by Crippen LogP contribution is -2.41. The molecule has 7 heteroatoms. The highest BCUT2D eigenvalue weighted by Gasteiger charge is 2.38. The van der Waals surface area contributed by atoms with Crippen molar-refractivity contribution in [2.45, 2.75) is 45.1 Å². The number of benzene rings is 1. The molecule has 2 aliphatic rings. The number of imide groups is 1. The maximum absolute atomic E-state index is 12.8. The normalized spacial score (nSPS) is 18.9. The van der Waals surface area contributed by atoms with Gasteiger partial charge in [0.05, 0.1) is 11.1 Å². The van der Waals surface area contributed by atoms with E-state index in [2.05, 4.69) is 27.2 Å². The first-order chi connectivity index (χ1) is 13.5. The van der Waals surface area contributed by atoms with Crippen LogP contribution in [-0.4, -0.2) is 36.1 Å². The summed E-state index contributed by atoms with van der Waals surface area (Å²) in [7, 11) is 0. The molecule has 148 valence electrons. The molecule has 1 heterocycles. The van der Waals surface area contributed by atoms with E-state index in [1.807, 2.05) is 6.92 Å². The molecule has 2 fully saturated rings. The number of hydrogen-bond donors (Lipinski definition) is 1. The van der Waals surface area contributed by atoms with Gasteiger partial charge in [0.25, 0.3) is 5.91 Å². The van der Waals surface area contributed by atoms with Crippen molar-refractivity contribution in [3.8, 4) is 23.8 Å². The second-order valence-electron chi connectivity index (χ2n) is 6.71. The number of terminal acetylenes is 1. The number of rotatable bonds is 6. The van der Waals surface area contributed by atoms with E-state index < -0.39 is 0 Å². The average molecular weight is 447 g/mol. The van der Waals surface area contributed by atoms with Crippen LogP contribution < -0.4 is 14.8 Å². The van der Waals surface area contributed by atoms with Crippen molar-refractivity contribution in [1.82, 2.24) is 10.2 Å². The summed E-state index contributed by atoms with van der Waals surface area (Å²) in [5.74, 6) is 3.17. The number of amides is 3. The van der Waals surface area contributed by atoms with Crippen molar-refractivity contribution in [3.05, 3.63) is 27.9 Å². The minimum Gasteiger partial charge on any atom is -0.490 e. The summed E-state index contributed by atoms with van der Waals surface area (Å²) in [6, 6.07) is 3.19. The fourth-order valence-electron chi connectivity index (χ4n) is 3.57. The van der Waals surface area contributed by atoms with Gasteiger partial charge in [-0.3, -0.25) is 9.69 Å². The van der Waals surface area contributed by atoms with Gasteiger partial charge in [-0.25, -0.2) is 4.79 Å². The highest BCUT2D eigenvalue weighted by molar-refractivity contribution is 9.10. The van der Waals surface area contributed by atoms with E-state index in [4.69, 9.17) is 15.9 Å². The predicted molar refractivity (Wildman–Crippen MR) is 110 cm³/mol. The summed E-state index contributed by atoms with van der Waals surface area (Å²) < 4.78 is 11.9. The van der Waals surface area contributed by atoms with Crippen LogP contribution in [0.15, 0.2) is 22.3 Å². The summed E-state index contributed by atoms with van der Waals surface area (Å²) in [6.07, 6.45) is 11.9. The van der Waals surface area contributed by atoms with Gasteiger partial charge in [-0.1, -0.05) is 25.2 Å². The zero-order chi connectivity index (χ0) is 20.1. The number of hydrogen-bond acceptors (Lipinski definition) is 4. The van der Waals surface area contributed by atoms with Gasteiger partial charge in [0, 0.05) is 6.04 Å². The van der Waals surface area contributed by atoms with Crippen molar-refractivity contribution >= 4 is 33.9 Å². The van der Waals surface area contributed by atoms with Gasteiger partial charge in [0.1, 0.15) is 12.3 Å². The van der Waals surface area contributed by atoms with Crippen molar-refractivity contribution in [2.24, 2.45) is 0 Å². The Morgan fingerprint density at radius 2 is 2.04 bits per heavy atom. The molecular formula is C21H23BrN2O4. The molecule has 0 aromatic heterocycles. The van der Waals surface area contributed by atoms with Crippen LogP contribution in [0.4, 0.5) is 4.79 Å². The fourth-order valence-corrected chi connectivity index (χ4v) is 4.15. The summed E-state index contributed by atoms with van der Waals surface area (Å²) in [5.41, 5.74) is 0.972. The molecule has 0 atom stereocenters. The third kappa shape index (κ3) is 4.33. The van der Waals surface area contributed by atoms with Gasteiger partial charge >= 0.3 is 6.03 Å². The Balaban J connectivity index is 1.87. The maximum Gasteiger partial charge on any atom is 0.329 e. The van der Waals surface area contributed by atoms with Crippen molar-refractivity contribution < 1.29 is 19.1 Å². The van der Waals surface area contributed by atoms with Gasteiger partial charge in [-0.15, -0.1) is 6.42 Å². The number of halogens is 1. The Hall–Kier alpha value is -2.46. The molecular weight excluding hydrogens is 424 g/mol. The quantitative estimate of drug-likeness (QED) is 0.406. The van der Waals surface area contributed by atoms with Gasteiger partial charge in [0.15, 0.2) is 11.5 Å². The van der Waals surface area contributed by atoms with E-state index >= 15 is 0 Å². The zero-order valence-corrected chi connectivity index (χ0v) is 17.4. The first kappa shape index (κ1) is 20.3. The monoisotopic (exact) mass is 446 g/mol. The van der Waals surface area contributed by atoms with Crippen molar-refractivity contribution in [3.63, 3.8) is 0 Å². The molecule has 1 aromatic rings. The summed E-state index contributed by atoms with van der Waals surface area (Å²) in [6.45, 7) is 2.43. The van der Waals surface area contributed by atoms with Crippen LogP contribution in [0.2, 0.25) is 0 Å². The third-order valence-electron chi connectivity index (χ3n) is 4.79. The topological polar surface area (TPSA) is 67.9 Å². The number of nitrogens with zero attached hydrogens (tertiary/aromatic N) is 1. The van der Waals surface area contributed by atoms with Crippen LogP contribution in [-0.2, 0) is 4.79 Å². The molecule has 1 aliphatic carbocycles. The second kappa shape index (κ2) is 9.16. The smallest absolute Gasteiger partial charge is 0.329 e. The minimum atomic E-state index is -0.346. The first-order valence-electron chi connectivity index (χ1n) is 9.44. The van der Waals surface area contributed by atoms with E-state index in [0.717, 1.165) is 32.1 Å². The molecule has 3 rings (SSSR count). The molecule has 1 N–H and O–H groups in total. The predicted octanol–water partition coefficient (Wildman–Crippen LogP) is 4.09. The van der Waals surface area contributed by atoms with Crippen LogP contribution in [0.1, 0.15) is 44.6 Å². The minimum absolute atomic E-state index is 0.0163. The lowest BCUT2D eigenvalue weighted by Gasteiger charge is -2.28.